The van der Waals surface area contributed by atoms with Gasteiger partial charge in [0, 0.05) is 24.7 Å². The number of halogens is 3. The summed E-state index contributed by atoms with van der Waals surface area (Å²) in [7, 11) is 0. The summed E-state index contributed by atoms with van der Waals surface area (Å²) in [6.07, 6.45) is 5.57. The van der Waals surface area contributed by atoms with E-state index in [2.05, 4.69) is 5.32 Å². The summed E-state index contributed by atoms with van der Waals surface area (Å²) in [5, 5.41) is 2.89. The average molecular weight is 327 g/mol. The van der Waals surface area contributed by atoms with Gasteiger partial charge in [-0.15, -0.1) is 0 Å². The number of benzene rings is 1. The first kappa shape index (κ1) is 15.4. The first-order chi connectivity index (χ1) is 10.6. The van der Waals surface area contributed by atoms with Crippen LogP contribution in [0.4, 0.5) is 8.78 Å². The molecule has 0 saturated heterocycles. The summed E-state index contributed by atoms with van der Waals surface area (Å²) in [4.78, 5) is 14.3. The molecule has 0 aromatic heterocycles. The van der Waals surface area contributed by atoms with Crippen LogP contribution in [0.5, 0.6) is 0 Å². The molecule has 22 heavy (non-hydrogen) atoms. The van der Waals surface area contributed by atoms with Crippen molar-refractivity contribution >= 4 is 17.5 Å². The number of hydrogen-bond acceptors (Lipinski definition) is 2. The van der Waals surface area contributed by atoms with Crippen LogP contribution in [-0.4, -0.2) is 29.9 Å². The SMILES string of the molecule is O=C(C1C=CCNC1)N(Cc1c(F)ccc(F)c1Cl)C1CC1. The Bertz CT molecular complexity index is 616. The fraction of sp³-hybridized carbons (Fsp3) is 0.438. The molecule has 1 amide bonds. The zero-order chi connectivity index (χ0) is 15.7. The number of carbonyl (C=O) groups is 1. The maximum absolute atomic E-state index is 14.0. The lowest BCUT2D eigenvalue weighted by molar-refractivity contribution is -0.135. The Labute approximate surface area is 132 Å². The van der Waals surface area contributed by atoms with Gasteiger partial charge in [0.05, 0.1) is 17.5 Å². The van der Waals surface area contributed by atoms with E-state index in [1.807, 2.05) is 12.2 Å². The van der Waals surface area contributed by atoms with Crippen molar-refractivity contribution in [3.63, 3.8) is 0 Å². The van der Waals surface area contributed by atoms with Crippen molar-refractivity contribution in [2.24, 2.45) is 5.92 Å². The van der Waals surface area contributed by atoms with Gasteiger partial charge in [-0.1, -0.05) is 23.8 Å². The molecule has 3 rings (SSSR count). The zero-order valence-electron chi connectivity index (χ0n) is 12.0. The van der Waals surface area contributed by atoms with Crippen molar-refractivity contribution in [3.05, 3.63) is 46.5 Å². The number of nitrogens with zero attached hydrogens (tertiary/aromatic N) is 1. The molecule has 118 valence electrons. The summed E-state index contributed by atoms with van der Waals surface area (Å²) < 4.78 is 27.5. The molecule has 0 spiro atoms. The van der Waals surface area contributed by atoms with Crippen molar-refractivity contribution in [1.82, 2.24) is 10.2 Å². The number of amides is 1. The molecule has 1 fully saturated rings. The van der Waals surface area contributed by atoms with Gasteiger partial charge in [0.25, 0.3) is 0 Å². The molecular weight excluding hydrogens is 310 g/mol. The Morgan fingerprint density at radius 3 is 2.68 bits per heavy atom. The summed E-state index contributed by atoms with van der Waals surface area (Å²) in [6, 6.07) is 2.15. The van der Waals surface area contributed by atoms with Crippen molar-refractivity contribution in [1.29, 1.82) is 0 Å². The predicted molar refractivity (Wildman–Crippen MR) is 80.4 cm³/mol. The largest absolute Gasteiger partial charge is 0.335 e. The third-order valence-corrected chi connectivity index (χ3v) is 4.46. The molecule has 1 saturated carbocycles. The minimum Gasteiger partial charge on any atom is -0.335 e. The molecule has 1 aromatic carbocycles. The average Bonchev–Trinajstić information content (AvgIpc) is 3.36. The second kappa shape index (κ2) is 6.34. The Kier molecular flexibility index (Phi) is 4.45. The summed E-state index contributed by atoms with van der Waals surface area (Å²) in [6.45, 7) is 1.33. The smallest absolute Gasteiger partial charge is 0.231 e. The molecule has 1 unspecified atom stereocenters. The third-order valence-electron chi connectivity index (χ3n) is 4.05. The maximum atomic E-state index is 14.0. The van der Waals surface area contributed by atoms with Crippen LogP contribution in [0.25, 0.3) is 0 Å². The van der Waals surface area contributed by atoms with Crippen LogP contribution in [0.1, 0.15) is 18.4 Å². The topological polar surface area (TPSA) is 32.3 Å². The van der Waals surface area contributed by atoms with E-state index in [0.29, 0.717) is 6.54 Å². The van der Waals surface area contributed by atoms with Crippen molar-refractivity contribution in [2.75, 3.05) is 13.1 Å². The van der Waals surface area contributed by atoms with Gasteiger partial charge in [0.2, 0.25) is 5.91 Å². The van der Waals surface area contributed by atoms with E-state index >= 15 is 0 Å². The Hall–Kier alpha value is -1.46. The van der Waals surface area contributed by atoms with Gasteiger partial charge in [-0.3, -0.25) is 4.79 Å². The third kappa shape index (κ3) is 3.15. The minimum atomic E-state index is -0.666. The van der Waals surface area contributed by atoms with Gasteiger partial charge in [0.1, 0.15) is 11.6 Å². The molecule has 1 heterocycles. The zero-order valence-corrected chi connectivity index (χ0v) is 12.7. The normalized spacial score (nSPS) is 21.0. The van der Waals surface area contributed by atoms with Crippen molar-refractivity contribution in [3.8, 4) is 0 Å². The van der Waals surface area contributed by atoms with E-state index in [0.717, 1.165) is 31.5 Å². The van der Waals surface area contributed by atoms with Gasteiger partial charge in [-0.05, 0) is 25.0 Å². The Morgan fingerprint density at radius 1 is 1.32 bits per heavy atom. The van der Waals surface area contributed by atoms with Crippen LogP contribution in [-0.2, 0) is 11.3 Å². The van der Waals surface area contributed by atoms with Gasteiger partial charge in [-0.2, -0.15) is 0 Å². The van der Waals surface area contributed by atoms with Gasteiger partial charge >= 0.3 is 0 Å². The van der Waals surface area contributed by atoms with Gasteiger partial charge < -0.3 is 10.2 Å². The van der Waals surface area contributed by atoms with E-state index in [1.165, 1.54) is 0 Å². The van der Waals surface area contributed by atoms with Crippen LogP contribution in [0, 0.1) is 17.6 Å². The second-order valence-electron chi connectivity index (χ2n) is 5.71. The molecule has 1 atom stereocenters. The van der Waals surface area contributed by atoms with Crippen LogP contribution in [0.2, 0.25) is 5.02 Å². The van der Waals surface area contributed by atoms with Crippen LogP contribution >= 0.6 is 11.6 Å². The Balaban J connectivity index is 1.83. The Morgan fingerprint density at radius 2 is 2.05 bits per heavy atom. The van der Waals surface area contributed by atoms with E-state index in [9.17, 15) is 13.6 Å². The molecular formula is C16H17ClF2N2O. The molecule has 3 nitrogen and oxygen atoms in total. The van der Waals surface area contributed by atoms with E-state index in [-0.39, 0.29) is 35.0 Å². The van der Waals surface area contributed by atoms with Crippen LogP contribution < -0.4 is 5.32 Å². The van der Waals surface area contributed by atoms with Crippen LogP contribution in [0.15, 0.2) is 24.3 Å². The van der Waals surface area contributed by atoms with E-state index < -0.39 is 11.6 Å². The van der Waals surface area contributed by atoms with E-state index in [4.69, 9.17) is 11.6 Å². The summed E-state index contributed by atoms with van der Waals surface area (Å²) in [5.41, 5.74) is 0.0506. The fourth-order valence-corrected chi connectivity index (χ4v) is 2.88. The number of rotatable bonds is 4. The molecule has 1 aliphatic heterocycles. The molecule has 1 aromatic rings. The first-order valence-corrected chi connectivity index (χ1v) is 7.76. The summed E-state index contributed by atoms with van der Waals surface area (Å²) >= 11 is 5.88. The highest BCUT2D eigenvalue weighted by atomic mass is 35.5. The van der Waals surface area contributed by atoms with Crippen molar-refractivity contribution < 1.29 is 13.6 Å². The number of hydrogen-bond donors (Lipinski definition) is 1. The molecule has 1 aliphatic carbocycles. The monoisotopic (exact) mass is 326 g/mol. The lowest BCUT2D eigenvalue weighted by atomic mass is 10.0. The lowest BCUT2D eigenvalue weighted by Gasteiger charge is -2.28. The standard InChI is InChI=1S/C16H17ClF2N2O/c17-15-12(13(18)5-6-14(15)19)9-21(11-3-4-11)16(22)10-2-1-7-20-8-10/h1-2,5-6,10-11,20H,3-4,7-9H2. The fourth-order valence-electron chi connectivity index (χ4n) is 2.66. The van der Waals surface area contributed by atoms with Crippen LogP contribution in [0.3, 0.4) is 0 Å². The maximum Gasteiger partial charge on any atom is 0.231 e. The van der Waals surface area contributed by atoms with E-state index in [1.54, 1.807) is 4.90 Å². The molecule has 0 bridgehead atoms. The molecule has 0 radical (unpaired) electrons. The highest BCUT2D eigenvalue weighted by molar-refractivity contribution is 6.31. The number of carbonyl (C=O) groups excluding carboxylic acids is 1. The summed E-state index contributed by atoms with van der Waals surface area (Å²) in [5.74, 6) is -1.57. The van der Waals surface area contributed by atoms with Gasteiger partial charge in [-0.25, -0.2) is 8.78 Å². The quantitative estimate of drug-likeness (QED) is 0.681. The highest BCUT2D eigenvalue weighted by Crippen LogP contribution is 2.32. The molecule has 1 N–H and O–H groups in total. The molecule has 2 aliphatic rings. The van der Waals surface area contributed by atoms with Gasteiger partial charge in [0.15, 0.2) is 0 Å². The first-order valence-electron chi connectivity index (χ1n) is 7.38. The second-order valence-corrected chi connectivity index (χ2v) is 6.09. The predicted octanol–water partition coefficient (Wildman–Crippen LogP) is 2.88. The lowest BCUT2D eigenvalue weighted by Crippen LogP contribution is -2.42. The van der Waals surface area contributed by atoms with Crippen molar-refractivity contribution in [2.45, 2.75) is 25.4 Å². The minimum absolute atomic E-state index is 0.0102. The highest BCUT2D eigenvalue weighted by Gasteiger charge is 2.36. The number of nitrogens with one attached hydrogen (secondary N) is 1. The molecule has 6 heteroatoms.